The highest BCUT2D eigenvalue weighted by atomic mass is 35.5. The SMILES string of the molecule is COc1nc(Cl)nc(N2CCNC(=O)C2C)n1. The van der Waals surface area contributed by atoms with Crippen molar-refractivity contribution in [1.82, 2.24) is 20.3 Å². The minimum Gasteiger partial charge on any atom is -0.467 e. The standard InChI is InChI=1S/C9H12ClN5O2/c1-5-6(16)11-3-4-15(5)8-12-7(10)13-9(14-8)17-2/h5H,3-4H2,1-2H3,(H,11,16). The van der Waals surface area contributed by atoms with E-state index in [0.717, 1.165) is 0 Å². The largest absolute Gasteiger partial charge is 0.467 e. The second kappa shape index (κ2) is 4.70. The first kappa shape index (κ1) is 11.8. The van der Waals surface area contributed by atoms with Crippen molar-refractivity contribution in [3.8, 4) is 6.01 Å². The zero-order valence-electron chi connectivity index (χ0n) is 9.47. The van der Waals surface area contributed by atoms with E-state index in [1.165, 1.54) is 7.11 Å². The predicted octanol–water partition coefficient (Wildman–Crippen LogP) is -0.142. The van der Waals surface area contributed by atoms with Gasteiger partial charge in [-0.15, -0.1) is 0 Å². The van der Waals surface area contributed by atoms with Gasteiger partial charge in [-0.25, -0.2) is 0 Å². The average Bonchev–Trinajstić information content (AvgIpc) is 2.31. The van der Waals surface area contributed by atoms with Crippen LogP contribution in [0, 0.1) is 0 Å². The van der Waals surface area contributed by atoms with Crippen LogP contribution in [0.25, 0.3) is 0 Å². The Morgan fingerprint density at radius 1 is 1.47 bits per heavy atom. The van der Waals surface area contributed by atoms with E-state index in [-0.39, 0.29) is 23.2 Å². The van der Waals surface area contributed by atoms with Crippen LogP contribution >= 0.6 is 11.6 Å². The maximum Gasteiger partial charge on any atom is 0.322 e. The molecule has 7 nitrogen and oxygen atoms in total. The second-order valence-electron chi connectivity index (χ2n) is 3.55. The van der Waals surface area contributed by atoms with Crippen molar-refractivity contribution in [3.63, 3.8) is 0 Å². The number of ether oxygens (including phenoxy) is 1. The number of hydrogen-bond acceptors (Lipinski definition) is 6. The lowest BCUT2D eigenvalue weighted by Gasteiger charge is -2.32. The van der Waals surface area contributed by atoms with Gasteiger partial charge >= 0.3 is 6.01 Å². The summed E-state index contributed by atoms with van der Waals surface area (Å²) >= 11 is 5.76. The van der Waals surface area contributed by atoms with E-state index < -0.39 is 0 Å². The third-order valence-corrected chi connectivity index (χ3v) is 2.68. The Bertz CT molecular complexity index is 441. The number of rotatable bonds is 2. The third kappa shape index (κ3) is 2.38. The van der Waals surface area contributed by atoms with Crippen molar-refractivity contribution in [2.75, 3.05) is 25.1 Å². The van der Waals surface area contributed by atoms with Gasteiger partial charge in [-0.05, 0) is 18.5 Å². The second-order valence-corrected chi connectivity index (χ2v) is 3.89. The van der Waals surface area contributed by atoms with Crippen LogP contribution in [0.5, 0.6) is 6.01 Å². The van der Waals surface area contributed by atoms with E-state index in [2.05, 4.69) is 20.3 Å². The maximum absolute atomic E-state index is 11.5. The molecule has 0 aromatic carbocycles. The zero-order chi connectivity index (χ0) is 12.4. The molecule has 0 aliphatic carbocycles. The number of anilines is 1. The van der Waals surface area contributed by atoms with Gasteiger partial charge in [0, 0.05) is 13.1 Å². The van der Waals surface area contributed by atoms with Crippen molar-refractivity contribution in [3.05, 3.63) is 5.28 Å². The van der Waals surface area contributed by atoms with E-state index in [1.807, 2.05) is 0 Å². The van der Waals surface area contributed by atoms with Gasteiger partial charge in [-0.1, -0.05) is 0 Å². The van der Waals surface area contributed by atoms with E-state index in [1.54, 1.807) is 11.8 Å². The van der Waals surface area contributed by atoms with Gasteiger partial charge in [0.25, 0.3) is 0 Å². The summed E-state index contributed by atoms with van der Waals surface area (Å²) in [5.41, 5.74) is 0. The van der Waals surface area contributed by atoms with Gasteiger partial charge in [0.2, 0.25) is 17.1 Å². The summed E-state index contributed by atoms with van der Waals surface area (Å²) < 4.78 is 4.91. The molecular weight excluding hydrogens is 246 g/mol. The summed E-state index contributed by atoms with van der Waals surface area (Å²) in [4.78, 5) is 25.1. The molecule has 1 atom stereocenters. The zero-order valence-corrected chi connectivity index (χ0v) is 10.2. The third-order valence-electron chi connectivity index (χ3n) is 2.51. The first-order valence-electron chi connectivity index (χ1n) is 5.11. The Kier molecular flexibility index (Phi) is 3.28. The molecule has 1 aromatic heterocycles. The number of amides is 1. The molecule has 1 saturated heterocycles. The molecule has 0 radical (unpaired) electrons. The van der Waals surface area contributed by atoms with E-state index in [4.69, 9.17) is 16.3 Å². The van der Waals surface area contributed by atoms with Crippen LogP contribution in [0.2, 0.25) is 5.28 Å². The molecule has 92 valence electrons. The molecule has 1 unspecified atom stereocenters. The van der Waals surface area contributed by atoms with Crippen molar-refractivity contribution < 1.29 is 9.53 Å². The Morgan fingerprint density at radius 2 is 2.24 bits per heavy atom. The summed E-state index contributed by atoms with van der Waals surface area (Å²) in [5.74, 6) is 0.288. The Morgan fingerprint density at radius 3 is 2.94 bits per heavy atom. The quantitative estimate of drug-likeness (QED) is 0.794. The van der Waals surface area contributed by atoms with Gasteiger partial charge < -0.3 is 15.0 Å². The summed E-state index contributed by atoms with van der Waals surface area (Å²) in [5, 5.41) is 2.81. The molecule has 1 fully saturated rings. The van der Waals surface area contributed by atoms with Gasteiger partial charge in [0.15, 0.2) is 0 Å². The number of carbonyl (C=O) groups is 1. The first-order valence-corrected chi connectivity index (χ1v) is 5.49. The van der Waals surface area contributed by atoms with Gasteiger partial charge in [0.05, 0.1) is 7.11 Å². The number of nitrogens with one attached hydrogen (secondary N) is 1. The van der Waals surface area contributed by atoms with Crippen molar-refractivity contribution in [1.29, 1.82) is 0 Å². The van der Waals surface area contributed by atoms with Crippen LogP contribution in [0.4, 0.5) is 5.95 Å². The number of nitrogens with zero attached hydrogens (tertiary/aromatic N) is 4. The number of piperazine rings is 1. The van der Waals surface area contributed by atoms with Gasteiger partial charge in [0.1, 0.15) is 6.04 Å². The molecule has 8 heteroatoms. The Labute approximate surface area is 103 Å². The average molecular weight is 258 g/mol. The first-order chi connectivity index (χ1) is 8.11. The Balaban J connectivity index is 2.32. The van der Waals surface area contributed by atoms with Crippen LogP contribution in [0.3, 0.4) is 0 Å². The summed E-state index contributed by atoms with van der Waals surface area (Å²) in [6.45, 7) is 2.95. The number of aromatic nitrogens is 3. The highest BCUT2D eigenvalue weighted by Gasteiger charge is 2.28. The minimum absolute atomic E-state index is 0.0463. The summed E-state index contributed by atoms with van der Waals surface area (Å²) in [6.07, 6.45) is 0. The van der Waals surface area contributed by atoms with E-state index in [0.29, 0.717) is 19.0 Å². The minimum atomic E-state index is -0.341. The van der Waals surface area contributed by atoms with Crippen LogP contribution in [-0.4, -0.2) is 47.1 Å². The van der Waals surface area contributed by atoms with Gasteiger partial charge in [-0.3, -0.25) is 4.79 Å². The molecule has 1 N–H and O–H groups in total. The van der Waals surface area contributed by atoms with E-state index in [9.17, 15) is 4.79 Å². The van der Waals surface area contributed by atoms with Crippen LogP contribution < -0.4 is 15.0 Å². The summed E-state index contributed by atoms with van der Waals surface area (Å²) in [6, 6.07) is -0.204. The smallest absolute Gasteiger partial charge is 0.322 e. The highest BCUT2D eigenvalue weighted by molar-refractivity contribution is 6.28. The van der Waals surface area contributed by atoms with E-state index >= 15 is 0 Å². The molecule has 0 spiro atoms. The number of carbonyl (C=O) groups excluding carboxylic acids is 1. The fraction of sp³-hybridized carbons (Fsp3) is 0.556. The fourth-order valence-corrected chi connectivity index (χ4v) is 1.75. The molecular formula is C9H12ClN5O2. The molecule has 0 saturated carbocycles. The molecule has 0 bridgehead atoms. The molecule has 2 heterocycles. The van der Waals surface area contributed by atoms with Crippen LogP contribution in [-0.2, 0) is 4.79 Å². The summed E-state index contributed by atoms with van der Waals surface area (Å²) in [7, 11) is 1.45. The van der Waals surface area contributed by atoms with Crippen LogP contribution in [0.15, 0.2) is 0 Å². The molecule has 17 heavy (non-hydrogen) atoms. The maximum atomic E-state index is 11.5. The lowest BCUT2D eigenvalue weighted by Crippen LogP contribution is -2.54. The molecule has 2 rings (SSSR count). The van der Waals surface area contributed by atoms with Crippen molar-refractivity contribution in [2.24, 2.45) is 0 Å². The molecule has 1 aromatic rings. The highest BCUT2D eigenvalue weighted by Crippen LogP contribution is 2.18. The molecule has 1 aliphatic rings. The van der Waals surface area contributed by atoms with Crippen molar-refractivity contribution >= 4 is 23.5 Å². The van der Waals surface area contributed by atoms with Gasteiger partial charge in [-0.2, -0.15) is 15.0 Å². The lowest BCUT2D eigenvalue weighted by atomic mass is 10.2. The number of methoxy groups -OCH3 is 1. The predicted molar refractivity (Wildman–Crippen MR) is 61.2 cm³/mol. The van der Waals surface area contributed by atoms with Crippen molar-refractivity contribution in [2.45, 2.75) is 13.0 Å². The Hall–Kier alpha value is -1.63. The fourth-order valence-electron chi connectivity index (χ4n) is 1.60. The van der Waals surface area contributed by atoms with Crippen LogP contribution in [0.1, 0.15) is 6.92 Å². The molecule has 1 amide bonds. The monoisotopic (exact) mass is 257 g/mol. The number of hydrogen-bond donors (Lipinski definition) is 1. The number of halogens is 1. The lowest BCUT2D eigenvalue weighted by molar-refractivity contribution is -0.122. The normalized spacial score (nSPS) is 20.1. The topological polar surface area (TPSA) is 80.2 Å². The molecule has 1 aliphatic heterocycles.